The van der Waals surface area contributed by atoms with Crippen molar-refractivity contribution in [3.8, 4) is 22.3 Å². The Morgan fingerprint density at radius 3 is 1.77 bits per heavy atom. The number of rotatable bonds is 2. The van der Waals surface area contributed by atoms with Crippen molar-refractivity contribution in [2.24, 2.45) is 0 Å². The Labute approximate surface area is 236 Å². The Hall–Kier alpha value is -4.68. The minimum Gasteiger partial charge on any atom is -0.0732 e. The molecule has 1 unspecified atom stereocenters. The van der Waals surface area contributed by atoms with E-state index in [0.29, 0.717) is 0 Å². The fourth-order valence-corrected chi connectivity index (χ4v) is 6.75. The summed E-state index contributed by atoms with van der Waals surface area (Å²) < 4.78 is 0. The van der Waals surface area contributed by atoms with Crippen molar-refractivity contribution in [2.45, 2.75) is 26.2 Å². The molecule has 192 valence electrons. The zero-order valence-electron chi connectivity index (χ0n) is 23.1. The number of allylic oxidation sites excluding steroid dienone is 6. The van der Waals surface area contributed by atoms with Gasteiger partial charge in [0.25, 0.3) is 0 Å². The molecule has 0 radical (unpaired) electrons. The van der Waals surface area contributed by atoms with Crippen LogP contribution in [0, 0.1) is 0 Å². The highest BCUT2D eigenvalue weighted by Gasteiger charge is 2.25. The number of benzene rings is 6. The van der Waals surface area contributed by atoms with E-state index in [4.69, 9.17) is 0 Å². The third-order valence-electron chi connectivity index (χ3n) is 8.32. The van der Waals surface area contributed by atoms with E-state index >= 15 is 0 Å². The van der Waals surface area contributed by atoms with Gasteiger partial charge >= 0.3 is 0 Å². The van der Waals surface area contributed by atoms with E-state index in [1.807, 2.05) is 13.8 Å². The van der Waals surface area contributed by atoms with Crippen molar-refractivity contribution in [1.82, 2.24) is 0 Å². The molecule has 0 saturated carbocycles. The van der Waals surface area contributed by atoms with Crippen LogP contribution in [0.2, 0.25) is 0 Å². The van der Waals surface area contributed by atoms with Gasteiger partial charge < -0.3 is 0 Å². The third kappa shape index (κ3) is 3.83. The minimum absolute atomic E-state index is 0.287. The standard InChI is InChI=1S/C38H26.C2H6/c1-2-13-27-23-25(11-1)24-28-15-10-22-35(36(27)28)38-33-19-7-5-17-31(33)37(32-18-6-8-20-34(32)38)30-21-9-14-26-12-3-4-16-29(26)30;1-2/h1-23,27H,24H2;1-2H3. The van der Waals surface area contributed by atoms with Crippen LogP contribution < -0.4 is 0 Å². The first-order valence-electron chi connectivity index (χ1n) is 14.5. The molecule has 0 heteroatoms. The Kier molecular flexibility index (Phi) is 6.17. The summed E-state index contributed by atoms with van der Waals surface area (Å²) in [6.45, 7) is 4.00. The van der Waals surface area contributed by atoms with Crippen LogP contribution in [0.3, 0.4) is 0 Å². The van der Waals surface area contributed by atoms with Crippen LogP contribution in [0.25, 0.3) is 54.6 Å². The summed E-state index contributed by atoms with van der Waals surface area (Å²) >= 11 is 0. The van der Waals surface area contributed by atoms with Gasteiger partial charge in [0, 0.05) is 5.92 Å². The van der Waals surface area contributed by atoms with Gasteiger partial charge in [-0.15, -0.1) is 0 Å². The van der Waals surface area contributed by atoms with E-state index in [0.717, 1.165) is 6.42 Å². The van der Waals surface area contributed by atoms with Gasteiger partial charge in [-0.1, -0.05) is 153 Å². The Bertz CT molecular complexity index is 1930. The maximum Gasteiger partial charge on any atom is 0.0216 e. The molecule has 0 saturated heterocycles. The predicted octanol–water partition coefficient (Wildman–Crippen LogP) is 11.2. The van der Waals surface area contributed by atoms with Crippen LogP contribution in [-0.2, 0) is 6.42 Å². The topological polar surface area (TPSA) is 0 Å². The number of hydrogen-bond acceptors (Lipinski definition) is 0. The maximum atomic E-state index is 2.45. The van der Waals surface area contributed by atoms with Crippen LogP contribution in [0.4, 0.5) is 0 Å². The number of fused-ring (bicyclic) bond motifs is 6. The summed E-state index contributed by atoms with van der Waals surface area (Å²) in [5.41, 5.74) is 9.61. The highest BCUT2D eigenvalue weighted by atomic mass is 14.3. The van der Waals surface area contributed by atoms with Gasteiger partial charge in [0.1, 0.15) is 0 Å². The van der Waals surface area contributed by atoms with Crippen LogP contribution >= 0.6 is 0 Å². The summed E-state index contributed by atoms with van der Waals surface area (Å²) in [4.78, 5) is 0. The first-order valence-corrected chi connectivity index (χ1v) is 14.5. The van der Waals surface area contributed by atoms with Crippen molar-refractivity contribution >= 4 is 32.3 Å². The Balaban J connectivity index is 0.00000130. The zero-order valence-corrected chi connectivity index (χ0v) is 23.1. The van der Waals surface area contributed by atoms with E-state index in [9.17, 15) is 0 Å². The molecule has 2 aliphatic carbocycles. The van der Waals surface area contributed by atoms with Crippen molar-refractivity contribution < 1.29 is 0 Å². The molecule has 40 heavy (non-hydrogen) atoms. The van der Waals surface area contributed by atoms with Crippen molar-refractivity contribution in [3.63, 3.8) is 0 Å². The lowest BCUT2D eigenvalue weighted by Crippen LogP contribution is -2.08. The van der Waals surface area contributed by atoms with Gasteiger partial charge in [0.2, 0.25) is 0 Å². The molecule has 0 fully saturated rings. The molecular weight excluding hydrogens is 480 g/mol. The summed E-state index contributed by atoms with van der Waals surface area (Å²) in [7, 11) is 0. The van der Waals surface area contributed by atoms with Gasteiger partial charge in [-0.05, 0) is 77.7 Å². The minimum atomic E-state index is 0.287. The van der Waals surface area contributed by atoms with Gasteiger partial charge in [-0.2, -0.15) is 0 Å². The van der Waals surface area contributed by atoms with Crippen LogP contribution in [-0.4, -0.2) is 0 Å². The second-order valence-corrected chi connectivity index (χ2v) is 10.4. The van der Waals surface area contributed by atoms with Crippen molar-refractivity contribution in [1.29, 1.82) is 0 Å². The van der Waals surface area contributed by atoms with Gasteiger partial charge in [0.05, 0.1) is 0 Å². The van der Waals surface area contributed by atoms with Gasteiger partial charge in [-0.25, -0.2) is 0 Å². The van der Waals surface area contributed by atoms with E-state index in [2.05, 4.69) is 140 Å². The molecule has 1 atom stereocenters. The first-order chi connectivity index (χ1) is 19.9. The molecule has 0 heterocycles. The molecule has 6 aromatic rings. The largest absolute Gasteiger partial charge is 0.0732 e. The summed E-state index contributed by atoms with van der Waals surface area (Å²) in [5.74, 6) is 0.287. The number of hydrogen-bond donors (Lipinski definition) is 0. The van der Waals surface area contributed by atoms with Crippen molar-refractivity contribution in [2.75, 3.05) is 0 Å². The van der Waals surface area contributed by atoms with Crippen LogP contribution in [0.15, 0.2) is 145 Å². The molecule has 0 N–H and O–H groups in total. The fraction of sp³-hybridized carbons (Fsp3) is 0.100. The van der Waals surface area contributed by atoms with Gasteiger partial charge in [-0.3, -0.25) is 0 Å². The molecule has 2 aliphatic rings. The molecular formula is C40H32. The Morgan fingerprint density at radius 1 is 0.525 bits per heavy atom. The van der Waals surface area contributed by atoms with E-state index in [-0.39, 0.29) is 5.92 Å². The van der Waals surface area contributed by atoms with E-state index in [1.165, 1.54) is 71.3 Å². The van der Waals surface area contributed by atoms with Crippen LogP contribution in [0.5, 0.6) is 0 Å². The fourth-order valence-electron chi connectivity index (χ4n) is 6.75. The predicted molar refractivity (Wildman–Crippen MR) is 174 cm³/mol. The average Bonchev–Trinajstić information content (AvgIpc) is 3.21. The molecule has 0 nitrogen and oxygen atoms in total. The lowest BCUT2D eigenvalue weighted by atomic mass is 9.77. The molecule has 0 spiro atoms. The van der Waals surface area contributed by atoms with E-state index < -0.39 is 0 Å². The molecule has 0 aromatic heterocycles. The normalized spacial score (nSPS) is 15.3. The van der Waals surface area contributed by atoms with Crippen LogP contribution in [0.1, 0.15) is 30.9 Å². The average molecular weight is 513 g/mol. The second kappa shape index (κ2) is 10.1. The molecule has 2 bridgehead atoms. The van der Waals surface area contributed by atoms with E-state index in [1.54, 1.807) is 0 Å². The first kappa shape index (κ1) is 24.4. The molecule has 6 aromatic carbocycles. The third-order valence-corrected chi connectivity index (χ3v) is 8.32. The Morgan fingerprint density at radius 2 is 1.07 bits per heavy atom. The summed E-state index contributed by atoms with van der Waals surface area (Å²) in [5, 5.41) is 7.81. The van der Waals surface area contributed by atoms with Gasteiger partial charge in [0.15, 0.2) is 0 Å². The second-order valence-electron chi connectivity index (χ2n) is 10.4. The highest BCUT2D eigenvalue weighted by Crippen LogP contribution is 2.48. The monoisotopic (exact) mass is 512 g/mol. The zero-order chi connectivity index (χ0) is 27.1. The molecule has 0 amide bonds. The molecule has 0 aliphatic heterocycles. The lowest BCUT2D eigenvalue weighted by Gasteiger charge is -2.26. The summed E-state index contributed by atoms with van der Waals surface area (Å²) in [6, 6.07) is 40.4. The SMILES string of the molecule is C1=CC2=CC(C=C1)c1c(cccc1-c1c3ccccc3c(-c3cccc4ccccc34)c3ccccc13)C2.CC. The summed E-state index contributed by atoms with van der Waals surface area (Å²) in [6.07, 6.45) is 12.4. The quantitative estimate of drug-likeness (QED) is 0.202. The molecule has 8 rings (SSSR count). The highest BCUT2D eigenvalue weighted by molar-refractivity contribution is 6.23. The lowest BCUT2D eigenvalue weighted by molar-refractivity contribution is 0.970. The smallest absolute Gasteiger partial charge is 0.0216 e. The van der Waals surface area contributed by atoms with Crippen molar-refractivity contribution in [3.05, 3.63) is 156 Å². The maximum absolute atomic E-state index is 2.45.